The second-order valence-electron chi connectivity index (χ2n) is 3.76. The molecule has 2 rings (SSSR count). The largest absolute Gasteiger partial charge is 0.280 e. The summed E-state index contributed by atoms with van der Waals surface area (Å²) in [5, 5.41) is 6.67. The number of aromatic nitrogens is 2. The van der Waals surface area contributed by atoms with E-state index >= 15 is 0 Å². The van der Waals surface area contributed by atoms with E-state index in [0.717, 1.165) is 21.5 Å². The van der Waals surface area contributed by atoms with Crippen molar-refractivity contribution in [2.75, 3.05) is 4.72 Å². The van der Waals surface area contributed by atoms with E-state index in [1.807, 2.05) is 13.8 Å². The summed E-state index contributed by atoms with van der Waals surface area (Å²) in [6.45, 7) is 3.81. The number of hydrogen-bond donors (Lipinski definition) is 2. The molecule has 0 aliphatic carbocycles. The van der Waals surface area contributed by atoms with Crippen LogP contribution in [0.15, 0.2) is 20.1 Å². The molecule has 0 radical (unpaired) electrons. The fourth-order valence-corrected chi connectivity index (χ4v) is 4.56. The van der Waals surface area contributed by atoms with Crippen LogP contribution in [0.4, 0.5) is 5.82 Å². The molecule has 2 N–H and O–H groups in total. The zero-order valence-electron chi connectivity index (χ0n) is 9.82. The lowest BCUT2D eigenvalue weighted by Crippen LogP contribution is -2.11. The standard InChI is InChI=1S/C10H12BrN3O2S2/c1-3-7-5-8(13-12-7)14-18(15,16)9-4-6(2)10(11)17-9/h4-5H,3H2,1-2H3,(H2,12,13,14). The molecule has 0 saturated heterocycles. The summed E-state index contributed by atoms with van der Waals surface area (Å²) in [7, 11) is -3.55. The fourth-order valence-electron chi connectivity index (χ4n) is 1.35. The molecule has 2 heterocycles. The van der Waals surface area contributed by atoms with Crippen LogP contribution in [0, 0.1) is 6.92 Å². The molecule has 98 valence electrons. The van der Waals surface area contributed by atoms with E-state index in [1.165, 1.54) is 11.3 Å². The van der Waals surface area contributed by atoms with Crippen molar-refractivity contribution < 1.29 is 8.42 Å². The number of anilines is 1. The van der Waals surface area contributed by atoms with Gasteiger partial charge in [-0.05, 0) is 40.9 Å². The summed E-state index contributed by atoms with van der Waals surface area (Å²) in [4.78, 5) is 0. The van der Waals surface area contributed by atoms with E-state index in [2.05, 4.69) is 30.8 Å². The highest BCUT2D eigenvalue weighted by atomic mass is 79.9. The third-order valence-electron chi connectivity index (χ3n) is 2.35. The lowest BCUT2D eigenvalue weighted by molar-refractivity contribution is 0.603. The Balaban J connectivity index is 2.26. The quantitative estimate of drug-likeness (QED) is 0.890. The van der Waals surface area contributed by atoms with Crippen molar-refractivity contribution in [1.29, 1.82) is 0 Å². The maximum atomic E-state index is 12.1. The molecule has 0 unspecified atom stereocenters. The average Bonchev–Trinajstić information content (AvgIpc) is 2.87. The van der Waals surface area contributed by atoms with Gasteiger partial charge in [0.25, 0.3) is 10.0 Å². The van der Waals surface area contributed by atoms with Crippen LogP contribution < -0.4 is 4.72 Å². The number of hydrogen-bond acceptors (Lipinski definition) is 4. The molecule has 0 saturated carbocycles. The molecule has 8 heteroatoms. The monoisotopic (exact) mass is 349 g/mol. The molecule has 2 aromatic rings. The predicted octanol–water partition coefficient (Wildman–Crippen LogP) is 2.91. The summed E-state index contributed by atoms with van der Waals surface area (Å²) >= 11 is 4.50. The maximum Gasteiger partial charge on any atom is 0.272 e. The summed E-state index contributed by atoms with van der Waals surface area (Å²) < 4.78 is 27.7. The fraction of sp³-hybridized carbons (Fsp3) is 0.300. The first-order chi connectivity index (χ1) is 8.42. The topological polar surface area (TPSA) is 74.8 Å². The highest BCUT2D eigenvalue weighted by molar-refractivity contribution is 9.11. The van der Waals surface area contributed by atoms with Gasteiger partial charge in [0.05, 0.1) is 3.79 Å². The zero-order valence-corrected chi connectivity index (χ0v) is 13.0. The van der Waals surface area contributed by atoms with Gasteiger partial charge in [0.15, 0.2) is 5.82 Å². The molecule has 0 atom stereocenters. The molecule has 0 aliphatic rings. The van der Waals surface area contributed by atoms with E-state index in [4.69, 9.17) is 0 Å². The third-order valence-corrected chi connectivity index (χ3v) is 6.32. The molecule has 0 bridgehead atoms. The second-order valence-corrected chi connectivity index (χ2v) is 8.04. The average molecular weight is 350 g/mol. The van der Waals surface area contributed by atoms with Crippen LogP contribution in [0.3, 0.4) is 0 Å². The van der Waals surface area contributed by atoms with Crippen molar-refractivity contribution in [1.82, 2.24) is 10.2 Å². The molecule has 0 aromatic carbocycles. The molecule has 2 aromatic heterocycles. The highest BCUT2D eigenvalue weighted by Crippen LogP contribution is 2.31. The number of H-pyrrole nitrogens is 1. The Morgan fingerprint density at radius 3 is 2.72 bits per heavy atom. The zero-order chi connectivity index (χ0) is 13.3. The lowest BCUT2D eigenvalue weighted by atomic mass is 10.3. The van der Waals surface area contributed by atoms with E-state index in [1.54, 1.807) is 12.1 Å². The van der Waals surface area contributed by atoms with Gasteiger partial charge < -0.3 is 0 Å². The van der Waals surface area contributed by atoms with Gasteiger partial charge in [-0.2, -0.15) is 5.10 Å². The van der Waals surface area contributed by atoms with E-state index < -0.39 is 10.0 Å². The second kappa shape index (κ2) is 5.02. The third kappa shape index (κ3) is 2.76. The molecule has 18 heavy (non-hydrogen) atoms. The molecular formula is C10H12BrN3O2S2. The van der Waals surface area contributed by atoms with Crippen molar-refractivity contribution in [3.05, 3.63) is 27.2 Å². The number of aromatic amines is 1. The van der Waals surface area contributed by atoms with E-state index in [-0.39, 0.29) is 4.21 Å². The van der Waals surface area contributed by atoms with Crippen LogP contribution in [-0.4, -0.2) is 18.6 Å². The Morgan fingerprint density at radius 1 is 1.50 bits per heavy atom. The first kappa shape index (κ1) is 13.6. The summed E-state index contributed by atoms with van der Waals surface area (Å²) in [6, 6.07) is 3.32. The highest BCUT2D eigenvalue weighted by Gasteiger charge is 2.19. The summed E-state index contributed by atoms with van der Waals surface area (Å²) in [5.74, 6) is 0.314. The van der Waals surface area contributed by atoms with Crippen molar-refractivity contribution in [2.45, 2.75) is 24.5 Å². The number of sulfonamides is 1. The van der Waals surface area contributed by atoms with Crippen molar-refractivity contribution in [2.24, 2.45) is 0 Å². The van der Waals surface area contributed by atoms with Crippen LogP contribution in [0.25, 0.3) is 0 Å². The Hall–Kier alpha value is -0.860. The molecule has 0 fully saturated rings. The summed E-state index contributed by atoms with van der Waals surface area (Å²) in [5.41, 5.74) is 1.79. The minimum atomic E-state index is -3.55. The van der Waals surface area contributed by atoms with E-state index in [0.29, 0.717) is 5.82 Å². The van der Waals surface area contributed by atoms with Crippen LogP contribution in [0.5, 0.6) is 0 Å². The van der Waals surface area contributed by atoms with Crippen LogP contribution in [0.1, 0.15) is 18.2 Å². The van der Waals surface area contributed by atoms with Gasteiger partial charge in [0.2, 0.25) is 0 Å². The normalized spacial score (nSPS) is 11.7. The Labute approximate surface area is 118 Å². The first-order valence-electron chi connectivity index (χ1n) is 5.25. The van der Waals surface area contributed by atoms with E-state index in [9.17, 15) is 8.42 Å². The minimum absolute atomic E-state index is 0.271. The molecular weight excluding hydrogens is 338 g/mol. The first-order valence-corrected chi connectivity index (χ1v) is 8.34. The number of nitrogens with one attached hydrogen (secondary N) is 2. The number of aryl methyl sites for hydroxylation is 2. The van der Waals surface area contributed by atoms with Gasteiger partial charge in [0, 0.05) is 11.8 Å². The van der Waals surface area contributed by atoms with Crippen LogP contribution in [0.2, 0.25) is 0 Å². The number of halogens is 1. The number of thiophene rings is 1. The van der Waals surface area contributed by atoms with Gasteiger partial charge in [-0.1, -0.05) is 6.92 Å². The van der Waals surface area contributed by atoms with Gasteiger partial charge in [-0.3, -0.25) is 9.82 Å². The molecule has 0 amide bonds. The van der Waals surface area contributed by atoms with Gasteiger partial charge in [-0.25, -0.2) is 8.42 Å². The summed E-state index contributed by atoms with van der Waals surface area (Å²) in [6.07, 6.45) is 0.776. The Bertz CT molecular complexity index is 641. The molecule has 0 aliphatic heterocycles. The smallest absolute Gasteiger partial charge is 0.272 e. The van der Waals surface area contributed by atoms with Gasteiger partial charge in [0.1, 0.15) is 4.21 Å². The van der Waals surface area contributed by atoms with Crippen molar-refractivity contribution in [3.8, 4) is 0 Å². The number of rotatable bonds is 4. The Morgan fingerprint density at radius 2 is 2.22 bits per heavy atom. The van der Waals surface area contributed by atoms with Gasteiger partial charge >= 0.3 is 0 Å². The maximum absolute atomic E-state index is 12.1. The molecule has 5 nitrogen and oxygen atoms in total. The van der Waals surface area contributed by atoms with Crippen LogP contribution >= 0.6 is 27.3 Å². The molecule has 0 spiro atoms. The number of nitrogens with zero attached hydrogens (tertiary/aromatic N) is 1. The van der Waals surface area contributed by atoms with Crippen LogP contribution in [-0.2, 0) is 16.4 Å². The van der Waals surface area contributed by atoms with Gasteiger partial charge in [-0.15, -0.1) is 11.3 Å². The Kier molecular flexibility index (Phi) is 3.79. The predicted molar refractivity (Wildman–Crippen MR) is 75.5 cm³/mol. The lowest BCUT2D eigenvalue weighted by Gasteiger charge is -2.01. The minimum Gasteiger partial charge on any atom is -0.280 e. The van der Waals surface area contributed by atoms with Crippen molar-refractivity contribution in [3.63, 3.8) is 0 Å². The van der Waals surface area contributed by atoms with Crippen molar-refractivity contribution >= 4 is 43.1 Å². The SMILES string of the molecule is CCc1cc(NS(=O)(=O)c2cc(C)c(Br)s2)n[nH]1.